The molecule has 0 amide bonds. The molecule has 0 bridgehead atoms. The predicted octanol–water partition coefficient (Wildman–Crippen LogP) is 1.76. The third-order valence-electron chi connectivity index (χ3n) is 1.61. The fourth-order valence-electron chi connectivity index (χ4n) is 0.676. The molecule has 0 saturated carbocycles. The molecule has 0 heterocycles. The zero-order valence-corrected chi connectivity index (χ0v) is 6.54. The predicted molar refractivity (Wildman–Crippen MR) is 40.6 cm³/mol. The maximum absolute atomic E-state index is 9.88. The Morgan fingerprint density at radius 3 is 2.60 bits per heavy atom. The van der Waals surface area contributed by atoms with Gasteiger partial charge in [-0.15, -0.1) is 6.58 Å². The van der Waals surface area contributed by atoms with E-state index in [2.05, 4.69) is 6.58 Å². The molecule has 0 aliphatic heterocycles. The minimum absolute atomic E-state index is 0.00417. The quantitative estimate of drug-likeness (QED) is 0.432. The van der Waals surface area contributed by atoms with Crippen molar-refractivity contribution in [3.05, 3.63) is 12.7 Å². The van der Waals surface area contributed by atoms with Crippen molar-refractivity contribution in [2.75, 3.05) is 0 Å². The topological polar surface area (TPSA) is 26.3 Å². The molecule has 0 aliphatic rings. The maximum atomic E-state index is 9.88. The van der Waals surface area contributed by atoms with Gasteiger partial charge in [-0.3, -0.25) is 4.79 Å². The zero-order valence-electron chi connectivity index (χ0n) is 6.54. The summed E-state index contributed by atoms with van der Waals surface area (Å²) in [4.78, 5) is 9.88. The number of rotatable bonds is 5. The highest BCUT2D eigenvalue weighted by Gasteiger charge is 2.09. The lowest BCUT2D eigenvalue weighted by molar-refractivity contribution is -0.134. The molecule has 0 N–H and O–H groups in total. The third kappa shape index (κ3) is 3.28. The largest absolute Gasteiger partial charge is 0.465 e. The van der Waals surface area contributed by atoms with Gasteiger partial charge in [0.1, 0.15) is 6.10 Å². The van der Waals surface area contributed by atoms with Crippen molar-refractivity contribution in [1.29, 1.82) is 0 Å². The van der Waals surface area contributed by atoms with Gasteiger partial charge < -0.3 is 4.74 Å². The van der Waals surface area contributed by atoms with Gasteiger partial charge in [-0.2, -0.15) is 0 Å². The Morgan fingerprint density at radius 2 is 2.20 bits per heavy atom. The third-order valence-corrected chi connectivity index (χ3v) is 1.61. The van der Waals surface area contributed by atoms with Crippen molar-refractivity contribution in [3.8, 4) is 0 Å². The van der Waals surface area contributed by atoms with Crippen LogP contribution >= 0.6 is 0 Å². The summed E-state index contributed by atoms with van der Waals surface area (Å²) in [6.07, 6.45) is 2.71. The summed E-state index contributed by atoms with van der Waals surface area (Å²) < 4.78 is 4.73. The van der Waals surface area contributed by atoms with Gasteiger partial charge in [0.05, 0.1) is 0 Å². The maximum Gasteiger partial charge on any atom is 0.293 e. The first-order chi connectivity index (χ1) is 4.72. The number of carbonyl (C=O) groups is 1. The fraction of sp³-hybridized carbons (Fsp3) is 0.625. The van der Waals surface area contributed by atoms with Gasteiger partial charge in [-0.25, -0.2) is 0 Å². The lowest BCUT2D eigenvalue weighted by Crippen LogP contribution is -2.16. The van der Waals surface area contributed by atoms with Crippen molar-refractivity contribution >= 4 is 6.47 Å². The number of ether oxygens (including phenoxy) is 1. The van der Waals surface area contributed by atoms with Crippen LogP contribution in [-0.2, 0) is 9.53 Å². The molecule has 2 nitrogen and oxygen atoms in total. The summed E-state index contributed by atoms with van der Waals surface area (Å²) in [5.41, 5.74) is 0. The van der Waals surface area contributed by atoms with Gasteiger partial charge >= 0.3 is 0 Å². The van der Waals surface area contributed by atoms with Crippen molar-refractivity contribution in [2.45, 2.75) is 26.4 Å². The fourth-order valence-corrected chi connectivity index (χ4v) is 0.676. The minimum atomic E-state index is -0.00417. The first-order valence-corrected chi connectivity index (χ1v) is 3.42. The van der Waals surface area contributed by atoms with Crippen LogP contribution in [0.3, 0.4) is 0 Å². The lowest BCUT2D eigenvalue weighted by atomic mass is 10.0. The second-order valence-corrected chi connectivity index (χ2v) is 2.44. The Bertz CT molecular complexity index is 95.8. The van der Waals surface area contributed by atoms with Gasteiger partial charge in [0.25, 0.3) is 6.47 Å². The first-order valence-electron chi connectivity index (χ1n) is 3.42. The molecule has 0 rings (SSSR count). The molecule has 0 saturated heterocycles. The standard InChI is InChI=1S/C8H14O2/c1-4-5-7(2)8(3)10-6-9/h4,6-8H,1,5H2,2-3H3/t7?,8-/m1/s1. The van der Waals surface area contributed by atoms with E-state index < -0.39 is 0 Å². The van der Waals surface area contributed by atoms with Gasteiger partial charge in [0.2, 0.25) is 0 Å². The van der Waals surface area contributed by atoms with Crippen LogP contribution in [0.15, 0.2) is 12.7 Å². The second kappa shape index (κ2) is 5.03. The van der Waals surface area contributed by atoms with Crippen LogP contribution in [0.5, 0.6) is 0 Å². The molecule has 0 aromatic carbocycles. The summed E-state index contributed by atoms with van der Waals surface area (Å²) in [6.45, 7) is 7.99. The summed E-state index contributed by atoms with van der Waals surface area (Å²) >= 11 is 0. The highest BCUT2D eigenvalue weighted by Crippen LogP contribution is 2.10. The molecule has 2 atom stereocenters. The van der Waals surface area contributed by atoms with Crippen LogP contribution in [0.1, 0.15) is 20.3 Å². The molecule has 0 aromatic heterocycles. The number of hydrogen-bond acceptors (Lipinski definition) is 2. The summed E-state index contributed by atoms with van der Waals surface area (Å²) in [5, 5.41) is 0. The lowest BCUT2D eigenvalue weighted by Gasteiger charge is -2.15. The van der Waals surface area contributed by atoms with E-state index in [4.69, 9.17) is 4.74 Å². The molecular formula is C8H14O2. The Balaban J connectivity index is 3.56. The Morgan fingerprint density at radius 1 is 1.60 bits per heavy atom. The van der Waals surface area contributed by atoms with E-state index in [1.54, 1.807) is 0 Å². The van der Waals surface area contributed by atoms with E-state index in [9.17, 15) is 4.79 Å². The smallest absolute Gasteiger partial charge is 0.293 e. The van der Waals surface area contributed by atoms with E-state index in [0.29, 0.717) is 12.4 Å². The van der Waals surface area contributed by atoms with Crippen molar-refractivity contribution in [1.82, 2.24) is 0 Å². The second-order valence-electron chi connectivity index (χ2n) is 2.44. The van der Waals surface area contributed by atoms with Crippen molar-refractivity contribution in [3.63, 3.8) is 0 Å². The monoisotopic (exact) mass is 142 g/mol. The van der Waals surface area contributed by atoms with Crippen LogP contribution in [0.2, 0.25) is 0 Å². The van der Waals surface area contributed by atoms with Gasteiger partial charge in [-0.1, -0.05) is 13.0 Å². The van der Waals surface area contributed by atoms with Crippen molar-refractivity contribution < 1.29 is 9.53 Å². The van der Waals surface area contributed by atoms with Gasteiger partial charge in [-0.05, 0) is 19.3 Å². The SMILES string of the molecule is C=CCC(C)[C@@H](C)OC=O. The zero-order chi connectivity index (χ0) is 7.98. The van der Waals surface area contributed by atoms with Crippen LogP contribution in [0.25, 0.3) is 0 Å². The van der Waals surface area contributed by atoms with Crippen LogP contribution in [0, 0.1) is 5.92 Å². The molecular weight excluding hydrogens is 128 g/mol. The highest BCUT2D eigenvalue weighted by atomic mass is 16.5. The summed E-state index contributed by atoms with van der Waals surface area (Å²) in [7, 11) is 0. The number of carbonyl (C=O) groups excluding carboxylic acids is 1. The van der Waals surface area contributed by atoms with E-state index in [-0.39, 0.29) is 6.10 Å². The molecule has 0 aromatic rings. The van der Waals surface area contributed by atoms with Gasteiger partial charge in [0.15, 0.2) is 0 Å². The molecule has 58 valence electrons. The van der Waals surface area contributed by atoms with Crippen LogP contribution in [0.4, 0.5) is 0 Å². The van der Waals surface area contributed by atoms with E-state index in [1.807, 2.05) is 19.9 Å². The average Bonchev–Trinajstić information content (AvgIpc) is 1.89. The molecule has 0 spiro atoms. The molecule has 0 fully saturated rings. The van der Waals surface area contributed by atoms with Crippen molar-refractivity contribution in [2.24, 2.45) is 5.92 Å². The Labute approximate surface area is 61.9 Å². The Hall–Kier alpha value is -0.790. The van der Waals surface area contributed by atoms with Crippen LogP contribution in [-0.4, -0.2) is 12.6 Å². The van der Waals surface area contributed by atoms with E-state index >= 15 is 0 Å². The highest BCUT2D eigenvalue weighted by molar-refractivity contribution is 5.37. The first kappa shape index (κ1) is 9.21. The number of allylic oxidation sites excluding steroid dienone is 1. The molecule has 0 radical (unpaired) electrons. The van der Waals surface area contributed by atoms with Crippen LogP contribution < -0.4 is 0 Å². The molecule has 0 aliphatic carbocycles. The van der Waals surface area contributed by atoms with E-state index in [1.165, 1.54) is 0 Å². The average molecular weight is 142 g/mol. The molecule has 10 heavy (non-hydrogen) atoms. The molecule has 2 heteroatoms. The normalized spacial score (nSPS) is 15.4. The van der Waals surface area contributed by atoms with E-state index in [0.717, 1.165) is 6.42 Å². The molecule has 1 unspecified atom stereocenters. The summed E-state index contributed by atoms with van der Waals surface area (Å²) in [6, 6.07) is 0. The Kier molecular flexibility index (Phi) is 4.63. The number of hydrogen-bond donors (Lipinski definition) is 0. The van der Waals surface area contributed by atoms with Gasteiger partial charge in [0, 0.05) is 0 Å². The summed E-state index contributed by atoms with van der Waals surface area (Å²) in [5.74, 6) is 0.364. The minimum Gasteiger partial charge on any atom is -0.465 e.